The number of nitrogens with zero attached hydrogens (tertiary/aromatic N) is 2. The lowest BCUT2D eigenvalue weighted by Gasteiger charge is -2.30. The molecule has 4 heteroatoms. The molecule has 0 spiro atoms. The van der Waals surface area contributed by atoms with Crippen LogP contribution in [-0.2, 0) is 11.3 Å². The summed E-state index contributed by atoms with van der Waals surface area (Å²) in [7, 11) is 1.94. The fourth-order valence-corrected chi connectivity index (χ4v) is 2.03. The average molecular weight is 283 g/mol. The lowest BCUT2D eigenvalue weighted by Crippen LogP contribution is -2.35. The first kappa shape index (κ1) is 16.0. The molecule has 1 aromatic carbocycles. The first-order chi connectivity index (χ1) is 9.15. The third-order valence-electron chi connectivity index (χ3n) is 2.82. The third kappa shape index (κ3) is 5.21. The van der Waals surface area contributed by atoms with Crippen molar-refractivity contribution in [3.63, 3.8) is 0 Å². The zero-order chi connectivity index (χ0) is 14.3. The van der Waals surface area contributed by atoms with Crippen LogP contribution in [0.3, 0.4) is 0 Å². The van der Waals surface area contributed by atoms with Crippen molar-refractivity contribution in [1.29, 1.82) is 0 Å². The van der Waals surface area contributed by atoms with E-state index >= 15 is 0 Å². The molecule has 1 aromatic rings. The molecule has 1 aliphatic rings. The molecule has 0 N–H and O–H groups in total. The summed E-state index contributed by atoms with van der Waals surface area (Å²) < 4.78 is 5.86. The quantitative estimate of drug-likeness (QED) is 0.831. The maximum atomic E-state index is 5.93. The van der Waals surface area contributed by atoms with Crippen LogP contribution in [0, 0.1) is 5.92 Å². The zero-order valence-corrected chi connectivity index (χ0v) is 12.9. The van der Waals surface area contributed by atoms with E-state index in [9.17, 15) is 0 Å². The molecule has 0 aromatic heterocycles. The van der Waals surface area contributed by atoms with Gasteiger partial charge in [-0.25, -0.2) is 0 Å². The van der Waals surface area contributed by atoms with Gasteiger partial charge >= 0.3 is 0 Å². The molecular formula is C15H23ClN2O. The second-order valence-electron chi connectivity index (χ2n) is 4.45. The summed E-state index contributed by atoms with van der Waals surface area (Å²) in [4.78, 5) is 0. The van der Waals surface area contributed by atoms with E-state index in [1.54, 1.807) is 0 Å². The lowest BCUT2D eigenvalue weighted by atomic mass is 10.1. The maximum absolute atomic E-state index is 5.93. The number of benzene rings is 1. The predicted octanol–water partition coefficient (Wildman–Crippen LogP) is 4.17. The molecular weight excluding hydrogens is 260 g/mol. The molecule has 106 valence electrons. The monoisotopic (exact) mass is 282 g/mol. The van der Waals surface area contributed by atoms with E-state index in [2.05, 4.69) is 12.0 Å². The van der Waals surface area contributed by atoms with Crippen molar-refractivity contribution in [3.05, 3.63) is 34.9 Å². The number of hydrogen-bond donors (Lipinski definition) is 0. The Kier molecular flexibility index (Phi) is 6.89. The van der Waals surface area contributed by atoms with Gasteiger partial charge in [0.15, 0.2) is 0 Å². The second kappa shape index (κ2) is 8.18. The highest BCUT2D eigenvalue weighted by molar-refractivity contribution is 6.30. The summed E-state index contributed by atoms with van der Waals surface area (Å²) in [5, 5.41) is 6.89. The van der Waals surface area contributed by atoms with Gasteiger partial charge < -0.3 is 4.74 Å². The molecule has 2 atom stereocenters. The Morgan fingerprint density at radius 2 is 2.16 bits per heavy atom. The van der Waals surface area contributed by atoms with Crippen LogP contribution in [-0.4, -0.2) is 24.5 Å². The van der Waals surface area contributed by atoms with E-state index in [1.807, 2.05) is 56.4 Å². The van der Waals surface area contributed by atoms with E-state index in [0.717, 1.165) is 17.0 Å². The van der Waals surface area contributed by atoms with Crippen LogP contribution in [0.4, 0.5) is 0 Å². The largest absolute Gasteiger partial charge is 0.352 e. The van der Waals surface area contributed by atoms with E-state index in [4.69, 9.17) is 16.3 Å². The second-order valence-corrected chi connectivity index (χ2v) is 4.88. The van der Waals surface area contributed by atoms with Gasteiger partial charge in [0.05, 0.1) is 6.61 Å². The highest BCUT2D eigenvalue weighted by Crippen LogP contribution is 2.18. The molecule has 0 fully saturated rings. The molecule has 1 aliphatic heterocycles. The van der Waals surface area contributed by atoms with Crippen molar-refractivity contribution in [1.82, 2.24) is 5.01 Å². The third-order valence-corrected chi connectivity index (χ3v) is 3.06. The fraction of sp³-hybridized carbons (Fsp3) is 0.533. The molecule has 3 nitrogen and oxygen atoms in total. The van der Waals surface area contributed by atoms with Crippen LogP contribution < -0.4 is 0 Å². The molecule has 0 aliphatic carbocycles. The molecule has 1 heterocycles. The van der Waals surface area contributed by atoms with Crippen LogP contribution in [0.1, 0.15) is 32.8 Å². The summed E-state index contributed by atoms with van der Waals surface area (Å²) in [6.07, 6.45) is 2.98. The molecule has 0 saturated carbocycles. The van der Waals surface area contributed by atoms with Crippen LogP contribution in [0.25, 0.3) is 0 Å². The summed E-state index contributed by atoms with van der Waals surface area (Å²) in [5.41, 5.74) is 1.09. The Labute approximate surface area is 121 Å². The topological polar surface area (TPSA) is 24.8 Å². The fourth-order valence-electron chi connectivity index (χ4n) is 1.82. The van der Waals surface area contributed by atoms with E-state index in [1.165, 1.54) is 0 Å². The van der Waals surface area contributed by atoms with Crippen molar-refractivity contribution in [3.8, 4) is 0 Å². The number of ether oxygens (including phenoxy) is 1. The number of hydrogen-bond acceptors (Lipinski definition) is 3. The van der Waals surface area contributed by atoms with Gasteiger partial charge in [-0.1, -0.05) is 44.5 Å². The Balaban J connectivity index is 0.000000861. The Bertz CT molecular complexity index is 409. The van der Waals surface area contributed by atoms with E-state index in [-0.39, 0.29) is 6.23 Å². The van der Waals surface area contributed by atoms with E-state index < -0.39 is 0 Å². The smallest absolute Gasteiger partial charge is 0.146 e. The molecule has 0 bridgehead atoms. The van der Waals surface area contributed by atoms with Gasteiger partial charge in [0.2, 0.25) is 0 Å². The van der Waals surface area contributed by atoms with Gasteiger partial charge in [0.1, 0.15) is 6.23 Å². The van der Waals surface area contributed by atoms with Gasteiger partial charge in [0, 0.05) is 24.7 Å². The van der Waals surface area contributed by atoms with Crippen LogP contribution in [0.5, 0.6) is 0 Å². The van der Waals surface area contributed by atoms with Crippen molar-refractivity contribution in [2.24, 2.45) is 11.0 Å². The molecule has 19 heavy (non-hydrogen) atoms. The molecule has 0 radical (unpaired) electrons. The van der Waals surface area contributed by atoms with Crippen LogP contribution in [0.15, 0.2) is 29.4 Å². The first-order valence-corrected chi connectivity index (χ1v) is 7.16. The SMILES string of the molecule is CC.CC1C=NN(C)C(OCc2cccc(Cl)c2)C1. The van der Waals surface area contributed by atoms with Gasteiger partial charge in [-0.3, -0.25) is 5.01 Å². The van der Waals surface area contributed by atoms with Gasteiger partial charge in [-0.15, -0.1) is 0 Å². The molecule has 0 amide bonds. The predicted molar refractivity (Wildman–Crippen MR) is 81.4 cm³/mol. The summed E-state index contributed by atoms with van der Waals surface area (Å²) in [5.74, 6) is 0.468. The van der Waals surface area contributed by atoms with Crippen molar-refractivity contribution in [2.45, 2.75) is 40.0 Å². The minimum Gasteiger partial charge on any atom is -0.352 e. The Morgan fingerprint density at radius 3 is 2.84 bits per heavy atom. The lowest BCUT2D eigenvalue weighted by molar-refractivity contribution is -0.0699. The minimum atomic E-state index is 0.0500. The normalized spacial score (nSPS) is 21.8. The Hall–Kier alpha value is -1.06. The van der Waals surface area contributed by atoms with E-state index in [0.29, 0.717) is 12.5 Å². The van der Waals surface area contributed by atoms with Crippen molar-refractivity contribution < 1.29 is 4.74 Å². The highest BCUT2D eigenvalue weighted by atomic mass is 35.5. The summed E-state index contributed by atoms with van der Waals surface area (Å²) in [6.45, 7) is 6.71. The minimum absolute atomic E-state index is 0.0500. The van der Waals surface area contributed by atoms with Crippen molar-refractivity contribution in [2.75, 3.05) is 7.05 Å². The van der Waals surface area contributed by atoms with Gasteiger partial charge in [-0.05, 0) is 23.6 Å². The zero-order valence-electron chi connectivity index (χ0n) is 12.1. The molecule has 0 saturated heterocycles. The average Bonchev–Trinajstić information content (AvgIpc) is 2.42. The highest BCUT2D eigenvalue weighted by Gasteiger charge is 2.20. The standard InChI is InChI=1S/C13H17ClN2O.C2H6/c1-10-6-13(16(2)15-8-10)17-9-11-4-3-5-12(14)7-11;1-2/h3-5,7-8,10,13H,6,9H2,1-2H3;1-2H3. The number of rotatable bonds is 3. The molecule has 2 unspecified atom stereocenters. The summed E-state index contributed by atoms with van der Waals surface area (Å²) >= 11 is 5.93. The summed E-state index contributed by atoms with van der Waals surface area (Å²) in [6, 6.07) is 7.75. The van der Waals surface area contributed by atoms with Gasteiger partial charge in [0.25, 0.3) is 0 Å². The van der Waals surface area contributed by atoms with Gasteiger partial charge in [-0.2, -0.15) is 5.10 Å². The number of halogens is 1. The first-order valence-electron chi connectivity index (χ1n) is 6.78. The van der Waals surface area contributed by atoms with Crippen LogP contribution in [0.2, 0.25) is 5.02 Å². The number of hydrazone groups is 1. The molecule has 2 rings (SSSR count). The maximum Gasteiger partial charge on any atom is 0.146 e. The van der Waals surface area contributed by atoms with Crippen molar-refractivity contribution >= 4 is 17.8 Å². The van der Waals surface area contributed by atoms with Crippen LogP contribution >= 0.6 is 11.6 Å². The Morgan fingerprint density at radius 1 is 1.42 bits per heavy atom.